The largest absolute Gasteiger partial charge is 0.381 e. The molecule has 1 atom stereocenters. The lowest BCUT2D eigenvalue weighted by atomic mass is 10.1. The molecule has 1 N–H and O–H groups in total. The Balaban J connectivity index is 1.69. The predicted octanol–water partition coefficient (Wildman–Crippen LogP) is 2.35. The molecule has 1 aliphatic heterocycles. The number of benzene rings is 1. The van der Waals surface area contributed by atoms with Crippen molar-refractivity contribution in [2.75, 3.05) is 32.5 Å². The molecule has 0 bridgehead atoms. The van der Waals surface area contributed by atoms with Gasteiger partial charge in [-0.25, -0.2) is 0 Å². The maximum atomic E-state index is 12.1. The number of aryl methyl sites for hydroxylation is 1. The van der Waals surface area contributed by atoms with Gasteiger partial charge in [0, 0.05) is 50.5 Å². The number of anilines is 1. The number of likely N-dealkylation sites (tertiary alicyclic amines) is 1. The topological polar surface area (TPSA) is 35.6 Å². The fraction of sp³-hybridized carbons (Fsp3) is 0.588. The summed E-state index contributed by atoms with van der Waals surface area (Å²) >= 11 is 0. The van der Waals surface area contributed by atoms with Crippen molar-refractivity contribution >= 4 is 11.6 Å². The van der Waals surface area contributed by atoms with E-state index in [2.05, 4.69) is 17.1 Å². The van der Waals surface area contributed by atoms with Crippen LogP contribution in [-0.4, -0.2) is 55.0 Å². The van der Waals surface area contributed by atoms with Crippen LogP contribution in [-0.2, 0) is 0 Å². The summed E-state index contributed by atoms with van der Waals surface area (Å²) in [6.07, 6.45) is 3.94. The van der Waals surface area contributed by atoms with E-state index in [0.29, 0.717) is 6.04 Å². The van der Waals surface area contributed by atoms with E-state index < -0.39 is 0 Å². The van der Waals surface area contributed by atoms with Crippen molar-refractivity contribution < 1.29 is 4.79 Å². The molecule has 0 spiro atoms. The van der Waals surface area contributed by atoms with Gasteiger partial charge in [0.25, 0.3) is 5.91 Å². The molecule has 1 amide bonds. The molecule has 21 heavy (non-hydrogen) atoms. The Hall–Kier alpha value is -1.55. The average Bonchev–Trinajstić information content (AvgIpc) is 3.21. The van der Waals surface area contributed by atoms with Crippen molar-refractivity contribution in [1.29, 1.82) is 0 Å². The summed E-state index contributed by atoms with van der Waals surface area (Å²) in [5.74, 6) is 0.0593. The predicted molar refractivity (Wildman–Crippen MR) is 85.8 cm³/mol. The second-order valence-corrected chi connectivity index (χ2v) is 6.59. The molecular weight excluding hydrogens is 262 g/mol. The summed E-state index contributed by atoms with van der Waals surface area (Å²) in [5.41, 5.74) is 3.06. The zero-order chi connectivity index (χ0) is 15.0. The number of amides is 1. The van der Waals surface area contributed by atoms with Crippen LogP contribution < -0.4 is 5.32 Å². The molecule has 3 rings (SSSR count). The van der Waals surface area contributed by atoms with E-state index in [1.54, 1.807) is 19.0 Å². The third kappa shape index (κ3) is 3.21. The van der Waals surface area contributed by atoms with Crippen LogP contribution in [0.15, 0.2) is 18.2 Å². The monoisotopic (exact) mass is 287 g/mol. The average molecular weight is 287 g/mol. The van der Waals surface area contributed by atoms with Crippen molar-refractivity contribution in [3.8, 4) is 0 Å². The van der Waals surface area contributed by atoms with Gasteiger partial charge in [-0.05, 0) is 43.9 Å². The molecular formula is C17H25N3O. The van der Waals surface area contributed by atoms with Crippen LogP contribution in [0.1, 0.15) is 35.2 Å². The molecule has 1 heterocycles. The van der Waals surface area contributed by atoms with E-state index in [1.807, 2.05) is 18.2 Å². The van der Waals surface area contributed by atoms with Gasteiger partial charge in [0.2, 0.25) is 0 Å². The highest BCUT2D eigenvalue weighted by molar-refractivity contribution is 5.95. The standard InChI is InChI=1S/C17H25N3O/c1-12-4-5-13(17(21)19(2)3)10-16(12)18-14-8-9-20(11-14)15-6-7-15/h4-5,10,14-15,18H,6-9,11H2,1-3H3. The van der Waals surface area contributed by atoms with E-state index in [9.17, 15) is 4.79 Å². The van der Waals surface area contributed by atoms with Gasteiger partial charge in [0.15, 0.2) is 0 Å². The molecule has 1 aromatic carbocycles. The van der Waals surface area contributed by atoms with Gasteiger partial charge in [-0.15, -0.1) is 0 Å². The molecule has 1 saturated heterocycles. The first-order chi connectivity index (χ1) is 10.0. The van der Waals surface area contributed by atoms with E-state index in [1.165, 1.54) is 31.4 Å². The first-order valence-corrected chi connectivity index (χ1v) is 7.87. The van der Waals surface area contributed by atoms with Gasteiger partial charge in [0.1, 0.15) is 0 Å². The van der Waals surface area contributed by atoms with Crippen molar-refractivity contribution in [3.63, 3.8) is 0 Å². The minimum atomic E-state index is 0.0593. The Morgan fingerprint density at radius 1 is 1.29 bits per heavy atom. The molecule has 1 saturated carbocycles. The summed E-state index contributed by atoms with van der Waals surface area (Å²) in [4.78, 5) is 16.3. The molecule has 2 fully saturated rings. The van der Waals surface area contributed by atoms with Gasteiger partial charge in [-0.1, -0.05) is 6.07 Å². The molecule has 2 aliphatic rings. The highest BCUT2D eigenvalue weighted by atomic mass is 16.2. The van der Waals surface area contributed by atoms with Crippen LogP contribution in [0.3, 0.4) is 0 Å². The molecule has 1 aromatic rings. The Kier molecular flexibility index (Phi) is 3.89. The zero-order valence-corrected chi connectivity index (χ0v) is 13.2. The fourth-order valence-electron chi connectivity index (χ4n) is 3.07. The maximum Gasteiger partial charge on any atom is 0.253 e. The number of nitrogens with one attached hydrogen (secondary N) is 1. The molecule has 0 radical (unpaired) electrons. The van der Waals surface area contributed by atoms with Crippen LogP contribution in [0.2, 0.25) is 0 Å². The number of carbonyl (C=O) groups excluding carboxylic acids is 1. The Bertz CT molecular complexity index is 537. The first-order valence-electron chi connectivity index (χ1n) is 7.87. The SMILES string of the molecule is Cc1ccc(C(=O)N(C)C)cc1NC1CCN(C2CC2)C1. The van der Waals surface area contributed by atoms with E-state index in [-0.39, 0.29) is 5.91 Å². The molecule has 4 heteroatoms. The van der Waals surface area contributed by atoms with Crippen LogP contribution in [0.4, 0.5) is 5.69 Å². The van der Waals surface area contributed by atoms with Crippen LogP contribution in [0.25, 0.3) is 0 Å². The molecule has 114 valence electrons. The molecule has 1 aliphatic carbocycles. The summed E-state index contributed by atoms with van der Waals surface area (Å²) in [5, 5.41) is 3.64. The third-order valence-corrected chi connectivity index (χ3v) is 4.53. The maximum absolute atomic E-state index is 12.1. The number of nitrogens with zero attached hydrogens (tertiary/aromatic N) is 2. The van der Waals surface area contributed by atoms with Gasteiger partial charge in [0.05, 0.1) is 0 Å². The van der Waals surface area contributed by atoms with Gasteiger partial charge >= 0.3 is 0 Å². The Morgan fingerprint density at radius 2 is 2.05 bits per heavy atom. The summed E-state index contributed by atoms with van der Waals surface area (Å²) in [6, 6.07) is 7.30. The number of hydrogen-bond donors (Lipinski definition) is 1. The Labute approximate surface area is 127 Å². The third-order valence-electron chi connectivity index (χ3n) is 4.53. The van der Waals surface area contributed by atoms with Crippen LogP contribution in [0.5, 0.6) is 0 Å². The van der Waals surface area contributed by atoms with Gasteiger partial charge in [-0.2, -0.15) is 0 Å². The first kappa shape index (κ1) is 14.4. The fourth-order valence-corrected chi connectivity index (χ4v) is 3.07. The lowest BCUT2D eigenvalue weighted by molar-refractivity contribution is 0.0827. The zero-order valence-electron chi connectivity index (χ0n) is 13.2. The Morgan fingerprint density at radius 3 is 2.71 bits per heavy atom. The van der Waals surface area contributed by atoms with Gasteiger partial charge in [-0.3, -0.25) is 9.69 Å². The van der Waals surface area contributed by atoms with Crippen molar-refractivity contribution in [2.45, 2.75) is 38.3 Å². The van der Waals surface area contributed by atoms with Crippen molar-refractivity contribution in [1.82, 2.24) is 9.80 Å². The normalized spacial score (nSPS) is 22.3. The van der Waals surface area contributed by atoms with E-state index >= 15 is 0 Å². The van der Waals surface area contributed by atoms with Gasteiger partial charge < -0.3 is 10.2 Å². The second-order valence-electron chi connectivity index (χ2n) is 6.59. The van der Waals surface area contributed by atoms with Crippen molar-refractivity contribution in [2.24, 2.45) is 0 Å². The van der Waals surface area contributed by atoms with Crippen LogP contribution in [0, 0.1) is 6.92 Å². The van der Waals surface area contributed by atoms with E-state index in [0.717, 1.165) is 23.8 Å². The highest BCUT2D eigenvalue weighted by Gasteiger charge is 2.34. The lowest BCUT2D eigenvalue weighted by Gasteiger charge is -2.19. The second kappa shape index (κ2) is 5.68. The summed E-state index contributed by atoms with van der Waals surface area (Å²) in [6.45, 7) is 4.44. The number of carbonyl (C=O) groups is 1. The van der Waals surface area contributed by atoms with Crippen LogP contribution >= 0.6 is 0 Å². The number of hydrogen-bond acceptors (Lipinski definition) is 3. The highest BCUT2D eigenvalue weighted by Crippen LogP contribution is 2.31. The summed E-state index contributed by atoms with van der Waals surface area (Å²) < 4.78 is 0. The van der Waals surface area contributed by atoms with E-state index in [4.69, 9.17) is 0 Å². The molecule has 0 aromatic heterocycles. The quantitative estimate of drug-likeness (QED) is 0.923. The lowest BCUT2D eigenvalue weighted by Crippen LogP contribution is -2.28. The summed E-state index contributed by atoms with van der Waals surface area (Å²) in [7, 11) is 3.58. The minimum absolute atomic E-state index is 0.0593. The number of rotatable bonds is 4. The molecule has 1 unspecified atom stereocenters. The molecule has 4 nitrogen and oxygen atoms in total. The smallest absolute Gasteiger partial charge is 0.253 e. The minimum Gasteiger partial charge on any atom is -0.381 e. The van der Waals surface area contributed by atoms with Crippen molar-refractivity contribution in [3.05, 3.63) is 29.3 Å².